The normalized spacial score (nSPS) is 19.0. The van der Waals surface area contributed by atoms with Crippen LogP contribution in [-0.4, -0.2) is 44.4 Å². The van der Waals surface area contributed by atoms with Crippen molar-refractivity contribution in [1.29, 1.82) is 0 Å². The predicted octanol–water partition coefficient (Wildman–Crippen LogP) is 5.06. The topological polar surface area (TPSA) is 67.9 Å². The highest BCUT2D eigenvalue weighted by Gasteiger charge is 2.28. The van der Waals surface area contributed by atoms with Crippen LogP contribution in [0.5, 0.6) is 0 Å². The minimum atomic E-state index is -0.325. The zero-order chi connectivity index (χ0) is 21.6. The van der Waals surface area contributed by atoms with Crippen molar-refractivity contribution in [2.45, 2.75) is 65.5 Å². The third-order valence-corrected chi connectivity index (χ3v) is 5.87. The lowest BCUT2D eigenvalue weighted by Gasteiger charge is -2.39. The largest absolute Gasteiger partial charge is 0.465 e. The Hall–Kier alpha value is -1.76. The Morgan fingerprint density at radius 1 is 1.24 bits per heavy atom. The number of benzene rings is 1. The van der Waals surface area contributed by atoms with Gasteiger partial charge in [0.25, 0.3) is 0 Å². The molecule has 1 aromatic carbocycles. The van der Waals surface area contributed by atoms with Crippen LogP contribution in [0.2, 0.25) is 0 Å². The van der Waals surface area contributed by atoms with Crippen LogP contribution in [0, 0.1) is 12.8 Å². The third-order valence-electron chi connectivity index (χ3n) is 5.41. The average Bonchev–Trinajstić information content (AvgIpc) is 2.69. The van der Waals surface area contributed by atoms with Crippen molar-refractivity contribution in [1.82, 2.24) is 5.32 Å². The number of carbonyl (C=O) groups is 2. The Balaban J connectivity index is 2.05. The number of carbonyl (C=O) groups excluding carboxylic acids is 2. The first-order chi connectivity index (χ1) is 13.8. The van der Waals surface area contributed by atoms with Gasteiger partial charge in [-0.15, -0.1) is 0 Å². The Labute approximate surface area is 182 Å². The van der Waals surface area contributed by atoms with Gasteiger partial charge in [-0.05, 0) is 63.1 Å². The van der Waals surface area contributed by atoms with E-state index in [4.69, 9.17) is 9.47 Å². The van der Waals surface area contributed by atoms with Gasteiger partial charge in [-0.3, -0.25) is 0 Å². The number of hydrogen-bond acceptors (Lipinski definition) is 5. The van der Waals surface area contributed by atoms with Crippen LogP contribution in [0.15, 0.2) is 16.6 Å². The van der Waals surface area contributed by atoms with E-state index in [2.05, 4.69) is 39.1 Å². The highest BCUT2D eigenvalue weighted by Crippen LogP contribution is 2.33. The Morgan fingerprint density at radius 2 is 1.90 bits per heavy atom. The zero-order valence-electron chi connectivity index (χ0n) is 18.1. The molecule has 29 heavy (non-hydrogen) atoms. The van der Waals surface area contributed by atoms with Gasteiger partial charge in [0.05, 0.1) is 19.3 Å². The molecule has 1 amide bonds. The van der Waals surface area contributed by atoms with Gasteiger partial charge in [-0.25, -0.2) is 9.59 Å². The third kappa shape index (κ3) is 6.36. The average molecular weight is 469 g/mol. The van der Waals surface area contributed by atoms with E-state index in [1.807, 2.05) is 26.8 Å². The van der Waals surface area contributed by atoms with Crippen LogP contribution in [-0.2, 0) is 9.47 Å². The van der Waals surface area contributed by atoms with E-state index in [-0.39, 0.29) is 18.1 Å². The molecule has 0 aromatic heterocycles. The van der Waals surface area contributed by atoms with Crippen molar-refractivity contribution in [3.05, 3.63) is 27.7 Å². The number of nitrogens with zero attached hydrogens (tertiary/aromatic N) is 1. The van der Waals surface area contributed by atoms with Gasteiger partial charge in [0.2, 0.25) is 0 Å². The SMILES string of the molecule is CCN(c1cc(Br)cc(C(=O)OC)c1C)C1CCC(NC(=O)OCC(C)C)CC1. The number of anilines is 1. The van der Waals surface area contributed by atoms with E-state index < -0.39 is 0 Å². The monoisotopic (exact) mass is 468 g/mol. The molecule has 1 fully saturated rings. The molecular formula is C22H33BrN2O4. The van der Waals surface area contributed by atoms with Crippen molar-refractivity contribution in [3.8, 4) is 0 Å². The number of esters is 1. The fourth-order valence-electron chi connectivity index (χ4n) is 3.89. The number of amides is 1. The second-order valence-electron chi connectivity index (χ2n) is 8.02. The number of rotatable bonds is 7. The van der Waals surface area contributed by atoms with Gasteiger partial charge in [-0.1, -0.05) is 29.8 Å². The molecule has 162 valence electrons. The van der Waals surface area contributed by atoms with Crippen molar-refractivity contribution in [2.75, 3.05) is 25.2 Å². The summed E-state index contributed by atoms with van der Waals surface area (Å²) in [5.74, 6) is 0.00633. The standard InChI is InChI=1S/C22H33BrN2O4/c1-6-25(20-12-16(23)11-19(15(20)4)21(26)28-5)18-9-7-17(8-10-18)24-22(27)29-13-14(2)3/h11-12,14,17-18H,6-10,13H2,1-5H3,(H,24,27). The van der Waals surface area contributed by atoms with Crippen LogP contribution < -0.4 is 10.2 Å². The smallest absolute Gasteiger partial charge is 0.407 e. The molecule has 1 aliphatic carbocycles. The van der Waals surface area contributed by atoms with Crippen molar-refractivity contribution in [3.63, 3.8) is 0 Å². The lowest BCUT2D eigenvalue weighted by atomic mass is 9.89. The lowest BCUT2D eigenvalue weighted by molar-refractivity contribution is 0.0599. The Bertz CT molecular complexity index is 715. The fraction of sp³-hybridized carbons (Fsp3) is 0.636. The first-order valence-corrected chi connectivity index (χ1v) is 11.1. The summed E-state index contributed by atoms with van der Waals surface area (Å²) in [5.41, 5.74) is 2.56. The van der Waals surface area contributed by atoms with Crippen molar-refractivity contribution in [2.24, 2.45) is 5.92 Å². The van der Waals surface area contributed by atoms with Crippen LogP contribution in [0.3, 0.4) is 0 Å². The summed E-state index contributed by atoms with van der Waals surface area (Å²) in [5, 5.41) is 3.00. The maximum atomic E-state index is 12.2. The first-order valence-electron chi connectivity index (χ1n) is 10.3. The highest BCUT2D eigenvalue weighted by atomic mass is 79.9. The minimum Gasteiger partial charge on any atom is -0.465 e. The van der Waals surface area contributed by atoms with Crippen molar-refractivity contribution >= 4 is 33.7 Å². The van der Waals surface area contributed by atoms with Crippen LogP contribution >= 0.6 is 15.9 Å². The second-order valence-corrected chi connectivity index (χ2v) is 8.93. The quantitative estimate of drug-likeness (QED) is 0.566. The van der Waals surface area contributed by atoms with Crippen molar-refractivity contribution < 1.29 is 19.1 Å². The maximum absolute atomic E-state index is 12.2. The van der Waals surface area contributed by atoms with Gasteiger partial charge in [0.15, 0.2) is 0 Å². The summed E-state index contributed by atoms with van der Waals surface area (Å²) >= 11 is 3.53. The van der Waals surface area contributed by atoms with Gasteiger partial charge in [0, 0.05) is 28.8 Å². The molecule has 1 N–H and O–H groups in total. The molecule has 1 aromatic rings. The Kier molecular flexibility index (Phi) is 8.80. The van der Waals surface area contributed by atoms with Gasteiger partial charge < -0.3 is 19.7 Å². The highest BCUT2D eigenvalue weighted by molar-refractivity contribution is 9.10. The molecule has 0 aliphatic heterocycles. The molecule has 0 saturated heterocycles. The van der Waals surface area contributed by atoms with E-state index in [1.165, 1.54) is 7.11 Å². The number of alkyl carbamates (subject to hydrolysis) is 1. The van der Waals surface area contributed by atoms with E-state index in [1.54, 1.807) is 0 Å². The maximum Gasteiger partial charge on any atom is 0.407 e. The van der Waals surface area contributed by atoms with Gasteiger partial charge in [0.1, 0.15) is 0 Å². The van der Waals surface area contributed by atoms with E-state index in [0.29, 0.717) is 24.1 Å². The number of nitrogens with one attached hydrogen (secondary N) is 1. The van der Waals surface area contributed by atoms with Crippen LogP contribution in [0.25, 0.3) is 0 Å². The molecule has 6 nitrogen and oxygen atoms in total. The Morgan fingerprint density at radius 3 is 2.45 bits per heavy atom. The molecule has 7 heteroatoms. The summed E-state index contributed by atoms with van der Waals surface area (Å²) in [6.07, 6.45) is 3.45. The van der Waals surface area contributed by atoms with E-state index in [9.17, 15) is 9.59 Å². The molecule has 0 heterocycles. The molecular weight excluding hydrogens is 436 g/mol. The summed E-state index contributed by atoms with van der Waals surface area (Å²) in [6, 6.07) is 4.39. The summed E-state index contributed by atoms with van der Waals surface area (Å²) in [6.45, 7) is 9.42. The summed E-state index contributed by atoms with van der Waals surface area (Å²) in [4.78, 5) is 26.4. The fourth-order valence-corrected chi connectivity index (χ4v) is 4.34. The molecule has 0 bridgehead atoms. The number of ether oxygens (including phenoxy) is 2. The molecule has 1 aliphatic rings. The minimum absolute atomic E-state index is 0.152. The molecule has 0 atom stereocenters. The molecule has 0 spiro atoms. The molecule has 2 rings (SSSR count). The summed E-state index contributed by atoms with van der Waals surface area (Å²) < 4.78 is 11.0. The van der Waals surface area contributed by atoms with Crippen LogP contribution in [0.4, 0.5) is 10.5 Å². The van der Waals surface area contributed by atoms with E-state index >= 15 is 0 Å². The number of hydrogen-bond donors (Lipinski definition) is 1. The first kappa shape index (κ1) is 23.5. The molecule has 1 saturated carbocycles. The zero-order valence-corrected chi connectivity index (χ0v) is 19.7. The molecule has 0 unspecified atom stereocenters. The number of halogens is 1. The second kappa shape index (κ2) is 10.9. The number of methoxy groups -OCH3 is 1. The van der Waals surface area contributed by atoms with E-state index in [0.717, 1.165) is 48.0 Å². The lowest BCUT2D eigenvalue weighted by Crippen LogP contribution is -2.44. The van der Waals surface area contributed by atoms with Gasteiger partial charge >= 0.3 is 12.1 Å². The summed E-state index contributed by atoms with van der Waals surface area (Å²) in [7, 11) is 1.40. The molecule has 0 radical (unpaired) electrons. The predicted molar refractivity (Wildman–Crippen MR) is 119 cm³/mol. The van der Waals surface area contributed by atoms with Crippen LogP contribution in [0.1, 0.15) is 62.4 Å². The van der Waals surface area contributed by atoms with Gasteiger partial charge in [-0.2, -0.15) is 0 Å².